The highest BCUT2D eigenvalue weighted by Crippen LogP contribution is 2.30. The minimum absolute atomic E-state index is 0.0133. The van der Waals surface area contributed by atoms with Crippen LogP contribution in [0, 0.1) is 0 Å². The first-order chi connectivity index (χ1) is 15.5. The van der Waals surface area contributed by atoms with Gasteiger partial charge < -0.3 is 23.4 Å². The molecular formula is C24H17ClO7. The van der Waals surface area contributed by atoms with Crippen LogP contribution >= 0.6 is 11.6 Å². The lowest BCUT2D eigenvalue weighted by molar-refractivity contribution is 0.0734. The molecule has 4 aromatic rings. The lowest BCUT2D eigenvalue weighted by Crippen LogP contribution is -2.09. The molecule has 3 aromatic carbocycles. The Labute approximate surface area is 187 Å². The van der Waals surface area contributed by atoms with Gasteiger partial charge in [0.25, 0.3) is 0 Å². The SMILES string of the molecule is COc1ccc(C(=O)Oc2ccc3c(=O)c(Oc4ccccc4Cl)coc3c2)cc1OC. The third-order valence-electron chi connectivity index (χ3n) is 4.60. The van der Waals surface area contributed by atoms with E-state index < -0.39 is 5.97 Å². The molecule has 0 unspecified atom stereocenters. The zero-order valence-electron chi connectivity index (χ0n) is 17.1. The van der Waals surface area contributed by atoms with E-state index in [1.54, 1.807) is 36.4 Å². The number of benzene rings is 3. The fraction of sp³-hybridized carbons (Fsp3) is 0.0833. The molecular weight excluding hydrogens is 436 g/mol. The van der Waals surface area contributed by atoms with Gasteiger partial charge in [-0.25, -0.2) is 4.79 Å². The van der Waals surface area contributed by atoms with Gasteiger partial charge in [-0.3, -0.25) is 4.79 Å². The Morgan fingerprint density at radius 1 is 0.875 bits per heavy atom. The number of halogens is 1. The van der Waals surface area contributed by atoms with Crippen LogP contribution in [0.2, 0.25) is 5.02 Å². The van der Waals surface area contributed by atoms with E-state index in [-0.39, 0.29) is 33.5 Å². The molecule has 4 rings (SSSR count). The van der Waals surface area contributed by atoms with Crippen molar-refractivity contribution >= 4 is 28.5 Å². The van der Waals surface area contributed by atoms with Gasteiger partial charge in [-0.15, -0.1) is 0 Å². The van der Waals surface area contributed by atoms with Gasteiger partial charge in [0.15, 0.2) is 11.5 Å². The maximum atomic E-state index is 12.8. The molecule has 0 spiro atoms. The Morgan fingerprint density at radius 2 is 1.66 bits per heavy atom. The van der Waals surface area contributed by atoms with Crippen LogP contribution < -0.4 is 24.4 Å². The van der Waals surface area contributed by atoms with Crippen molar-refractivity contribution in [3.8, 4) is 28.7 Å². The summed E-state index contributed by atoms with van der Waals surface area (Å²) in [5, 5.41) is 0.630. The molecule has 0 saturated heterocycles. The summed E-state index contributed by atoms with van der Waals surface area (Å²) in [7, 11) is 2.98. The number of rotatable bonds is 6. The third-order valence-corrected chi connectivity index (χ3v) is 4.91. The van der Waals surface area contributed by atoms with Gasteiger partial charge in [-0.1, -0.05) is 23.7 Å². The number of ether oxygens (including phenoxy) is 4. The summed E-state index contributed by atoms with van der Waals surface area (Å²) in [4.78, 5) is 25.3. The molecule has 0 fully saturated rings. The average Bonchev–Trinajstić information content (AvgIpc) is 2.81. The van der Waals surface area contributed by atoms with E-state index >= 15 is 0 Å². The van der Waals surface area contributed by atoms with E-state index in [9.17, 15) is 9.59 Å². The average molecular weight is 453 g/mol. The van der Waals surface area contributed by atoms with Crippen LogP contribution in [0.25, 0.3) is 11.0 Å². The summed E-state index contributed by atoms with van der Waals surface area (Å²) in [5.74, 6) is 0.817. The quantitative estimate of drug-likeness (QED) is 0.283. The van der Waals surface area contributed by atoms with E-state index in [4.69, 9.17) is 35.0 Å². The Morgan fingerprint density at radius 3 is 2.41 bits per heavy atom. The fourth-order valence-electron chi connectivity index (χ4n) is 3.00. The lowest BCUT2D eigenvalue weighted by Gasteiger charge is -2.10. The highest BCUT2D eigenvalue weighted by Gasteiger charge is 2.15. The van der Waals surface area contributed by atoms with Crippen molar-refractivity contribution in [2.24, 2.45) is 0 Å². The van der Waals surface area contributed by atoms with Gasteiger partial charge in [0.2, 0.25) is 11.2 Å². The van der Waals surface area contributed by atoms with Gasteiger partial charge in [-0.05, 0) is 42.5 Å². The zero-order chi connectivity index (χ0) is 22.7. The van der Waals surface area contributed by atoms with E-state index in [0.717, 1.165) is 0 Å². The highest BCUT2D eigenvalue weighted by molar-refractivity contribution is 6.32. The number of carbonyl (C=O) groups excluding carboxylic acids is 1. The molecule has 0 aliphatic rings. The molecule has 0 bridgehead atoms. The summed E-state index contributed by atoms with van der Waals surface area (Å²) in [6, 6.07) is 15.9. The number of fused-ring (bicyclic) bond motifs is 1. The maximum Gasteiger partial charge on any atom is 0.343 e. The van der Waals surface area contributed by atoms with Gasteiger partial charge in [-0.2, -0.15) is 0 Å². The van der Waals surface area contributed by atoms with Crippen molar-refractivity contribution in [2.45, 2.75) is 0 Å². The number of hydrogen-bond acceptors (Lipinski definition) is 7. The smallest absolute Gasteiger partial charge is 0.343 e. The normalized spacial score (nSPS) is 10.6. The first kappa shape index (κ1) is 21.3. The molecule has 7 nitrogen and oxygen atoms in total. The number of carbonyl (C=O) groups is 1. The Balaban J connectivity index is 1.58. The number of para-hydroxylation sites is 1. The monoisotopic (exact) mass is 452 g/mol. The van der Waals surface area contributed by atoms with E-state index in [1.165, 1.54) is 44.7 Å². The van der Waals surface area contributed by atoms with Crippen molar-refractivity contribution in [3.63, 3.8) is 0 Å². The van der Waals surface area contributed by atoms with Gasteiger partial charge in [0.1, 0.15) is 23.3 Å². The Hall–Kier alpha value is -3.97. The minimum atomic E-state index is -0.605. The van der Waals surface area contributed by atoms with Crippen LogP contribution in [0.5, 0.6) is 28.7 Å². The minimum Gasteiger partial charge on any atom is -0.493 e. The molecule has 0 radical (unpaired) electrons. The zero-order valence-corrected chi connectivity index (χ0v) is 17.8. The molecule has 0 atom stereocenters. The van der Waals surface area contributed by atoms with Gasteiger partial charge in [0, 0.05) is 6.07 Å². The molecule has 0 amide bonds. The van der Waals surface area contributed by atoms with Crippen LogP contribution in [0.3, 0.4) is 0 Å². The summed E-state index contributed by atoms with van der Waals surface area (Å²) < 4.78 is 26.9. The van der Waals surface area contributed by atoms with E-state index in [2.05, 4.69) is 0 Å². The van der Waals surface area contributed by atoms with Crippen LogP contribution in [0.15, 0.2) is 76.1 Å². The molecule has 8 heteroatoms. The van der Waals surface area contributed by atoms with Gasteiger partial charge in [0.05, 0.1) is 30.2 Å². The van der Waals surface area contributed by atoms with Crippen molar-refractivity contribution in [2.75, 3.05) is 14.2 Å². The molecule has 0 saturated carbocycles. The number of esters is 1. The summed E-state index contributed by atoms with van der Waals surface area (Å²) >= 11 is 6.08. The molecule has 0 N–H and O–H groups in total. The molecule has 1 heterocycles. The molecule has 1 aromatic heterocycles. The summed E-state index contributed by atoms with van der Waals surface area (Å²) in [6.45, 7) is 0. The Kier molecular flexibility index (Phi) is 6.00. The van der Waals surface area contributed by atoms with E-state index in [1.807, 2.05) is 0 Å². The van der Waals surface area contributed by atoms with Crippen molar-refractivity contribution in [1.82, 2.24) is 0 Å². The lowest BCUT2D eigenvalue weighted by atomic mass is 10.2. The predicted molar refractivity (Wildman–Crippen MR) is 119 cm³/mol. The number of methoxy groups -OCH3 is 2. The van der Waals surface area contributed by atoms with Crippen LogP contribution in [-0.4, -0.2) is 20.2 Å². The number of hydrogen-bond donors (Lipinski definition) is 0. The Bertz CT molecular complexity index is 1360. The highest BCUT2D eigenvalue weighted by atomic mass is 35.5. The third kappa shape index (κ3) is 4.24. The molecule has 0 aliphatic heterocycles. The second-order valence-corrected chi connectivity index (χ2v) is 6.99. The molecule has 32 heavy (non-hydrogen) atoms. The first-order valence-corrected chi connectivity index (χ1v) is 9.80. The topological polar surface area (TPSA) is 84.2 Å². The maximum absolute atomic E-state index is 12.8. The molecule has 162 valence electrons. The van der Waals surface area contributed by atoms with Crippen molar-refractivity contribution < 1.29 is 28.2 Å². The van der Waals surface area contributed by atoms with Crippen LogP contribution in [-0.2, 0) is 0 Å². The first-order valence-electron chi connectivity index (χ1n) is 9.42. The summed E-state index contributed by atoms with van der Waals surface area (Å²) in [6.07, 6.45) is 1.19. The van der Waals surface area contributed by atoms with Crippen molar-refractivity contribution in [3.05, 3.63) is 87.7 Å². The van der Waals surface area contributed by atoms with Gasteiger partial charge >= 0.3 is 5.97 Å². The molecule has 0 aliphatic carbocycles. The largest absolute Gasteiger partial charge is 0.493 e. The van der Waals surface area contributed by atoms with Crippen LogP contribution in [0.4, 0.5) is 0 Å². The van der Waals surface area contributed by atoms with E-state index in [0.29, 0.717) is 22.3 Å². The van der Waals surface area contributed by atoms with Crippen LogP contribution in [0.1, 0.15) is 10.4 Å². The second-order valence-electron chi connectivity index (χ2n) is 6.58. The van der Waals surface area contributed by atoms with Crippen molar-refractivity contribution in [1.29, 1.82) is 0 Å². The predicted octanol–water partition coefficient (Wildman–Crippen LogP) is 5.48. The second kappa shape index (κ2) is 9.03. The standard InChI is InChI=1S/C24H17ClO7/c1-28-19-10-7-14(11-21(19)29-2)24(27)31-15-8-9-16-20(12-15)30-13-22(23(16)26)32-18-6-4-3-5-17(18)25/h3-13H,1-2H3. The summed E-state index contributed by atoms with van der Waals surface area (Å²) in [5.41, 5.74) is 0.121. The fourth-order valence-corrected chi connectivity index (χ4v) is 3.17.